The molecule has 0 aliphatic rings. The second kappa shape index (κ2) is 9.01. The summed E-state index contributed by atoms with van der Waals surface area (Å²) in [6.45, 7) is 0. The number of methoxy groups -OCH3 is 1. The molecule has 0 aromatic heterocycles. The maximum Gasteiger partial charge on any atom is 0.338 e. The van der Waals surface area contributed by atoms with E-state index in [1.165, 1.54) is 7.11 Å². The zero-order valence-corrected chi connectivity index (χ0v) is 15.2. The molecule has 0 saturated heterocycles. The van der Waals surface area contributed by atoms with Gasteiger partial charge in [-0.05, 0) is 42.2 Å². The topological polar surface area (TPSA) is 38.7 Å². The van der Waals surface area contributed by atoms with Crippen LogP contribution in [0.5, 0.6) is 0 Å². The van der Waals surface area contributed by atoms with Crippen LogP contribution in [0.25, 0.3) is 0 Å². The number of nitrogens with zero attached hydrogens (tertiary/aromatic N) is 1. The average Bonchev–Trinajstić information content (AvgIpc) is 2.59. The molecule has 0 unspecified atom stereocenters. The van der Waals surface area contributed by atoms with Crippen molar-refractivity contribution in [3.05, 3.63) is 64.7 Å². The van der Waals surface area contributed by atoms with Crippen LogP contribution in [-0.2, 0) is 10.5 Å². The zero-order chi connectivity index (χ0) is 16.7. The highest BCUT2D eigenvalue weighted by atomic mass is 35.5. The highest BCUT2D eigenvalue weighted by Gasteiger charge is 2.11. The van der Waals surface area contributed by atoms with Crippen molar-refractivity contribution in [3.8, 4) is 0 Å². The molecule has 2 aromatic carbocycles. The number of hydrogen-bond acceptors (Lipinski definition) is 5. The average molecular weight is 366 g/mol. The van der Waals surface area contributed by atoms with E-state index in [0.29, 0.717) is 16.3 Å². The zero-order valence-electron chi connectivity index (χ0n) is 12.8. The van der Waals surface area contributed by atoms with Crippen LogP contribution < -0.4 is 0 Å². The Balaban J connectivity index is 2.12. The molecule has 6 heteroatoms. The van der Waals surface area contributed by atoms with Crippen LogP contribution in [0, 0.1) is 0 Å². The number of hydrogen-bond donors (Lipinski definition) is 0. The number of thioether (sulfide) groups is 2. The predicted octanol–water partition coefficient (Wildman–Crippen LogP) is 5.41. The quantitative estimate of drug-likeness (QED) is 0.412. The van der Waals surface area contributed by atoms with Gasteiger partial charge in [-0.3, -0.25) is 0 Å². The molecule has 0 fully saturated rings. The van der Waals surface area contributed by atoms with Gasteiger partial charge in [0.2, 0.25) is 0 Å². The van der Waals surface area contributed by atoms with Gasteiger partial charge in [0.1, 0.15) is 4.38 Å². The summed E-state index contributed by atoms with van der Waals surface area (Å²) in [4.78, 5) is 16.4. The lowest BCUT2D eigenvalue weighted by molar-refractivity contribution is 0.0600. The largest absolute Gasteiger partial charge is 0.465 e. The number of rotatable bonds is 4. The van der Waals surface area contributed by atoms with E-state index in [-0.39, 0.29) is 5.97 Å². The predicted molar refractivity (Wildman–Crippen MR) is 101 cm³/mol. The first kappa shape index (κ1) is 17.9. The van der Waals surface area contributed by atoms with Crippen LogP contribution in [0.15, 0.2) is 53.5 Å². The van der Waals surface area contributed by atoms with E-state index in [9.17, 15) is 4.79 Å². The Morgan fingerprint density at radius 1 is 1.17 bits per heavy atom. The van der Waals surface area contributed by atoms with Crippen molar-refractivity contribution in [3.63, 3.8) is 0 Å². The molecule has 0 atom stereocenters. The summed E-state index contributed by atoms with van der Waals surface area (Å²) in [6.07, 6.45) is 1.98. The van der Waals surface area contributed by atoms with E-state index in [1.54, 1.807) is 29.6 Å². The first-order valence-corrected chi connectivity index (χ1v) is 9.40. The lowest BCUT2D eigenvalue weighted by atomic mass is 10.1. The third-order valence-electron chi connectivity index (χ3n) is 3.00. The van der Waals surface area contributed by atoms with Gasteiger partial charge in [0.15, 0.2) is 0 Å². The normalized spacial score (nSPS) is 11.3. The molecular weight excluding hydrogens is 350 g/mol. The summed E-state index contributed by atoms with van der Waals surface area (Å²) < 4.78 is 5.74. The van der Waals surface area contributed by atoms with E-state index in [1.807, 2.05) is 48.7 Å². The molecule has 0 aliphatic carbocycles. The van der Waals surface area contributed by atoms with Gasteiger partial charge in [-0.15, -0.1) is 11.8 Å². The highest BCUT2D eigenvalue weighted by Crippen LogP contribution is 2.26. The number of halogens is 1. The molecule has 0 radical (unpaired) electrons. The molecule has 0 heterocycles. The molecule has 0 spiro atoms. The minimum atomic E-state index is -0.318. The first-order valence-electron chi connectivity index (χ1n) is 6.81. The molecule has 120 valence electrons. The Labute approximate surface area is 149 Å². The van der Waals surface area contributed by atoms with Crippen molar-refractivity contribution in [2.24, 2.45) is 4.99 Å². The van der Waals surface area contributed by atoms with Crippen molar-refractivity contribution in [1.82, 2.24) is 0 Å². The highest BCUT2D eigenvalue weighted by molar-refractivity contribution is 8.38. The van der Waals surface area contributed by atoms with Gasteiger partial charge < -0.3 is 4.74 Å². The summed E-state index contributed by atoms with van der Waals surface area (Å²) in [5, 5.41) is 0.689. The molecule has 0 bridgehead atoms. The van der Waals surface area contributed by atoms with E-state index >= 15 is 0 Å². The third kappa shape index (κ3) is 5.30. The summed E-state index contributed by atoms with van der Waals surface area (Å²) in [5.41, 5.74) is 2.38. The van der Waals surface area contributed by atoms with E-state index in [0.717, 1.165) is 15.6 Å². The van der Waals surface area contributed by atoms with Crippen molar-refractivity contribution in [2.75, 3.05) is 13.4 Å². The molecule has 0 aliphatic heterocycles. The van der Waals surface area contributed by atoms with E-state index in [2.05, 4.69) is 4.99 Å². The van der Waals surface area contributed by atoms with E-state index < -0.39 is 0 Å². The maximum absolute atomic E-state index is 11.8. The van der Waals surface area contributed by atoms with Crippen molar-refractivity contribution >= 4 is 51.2 Å². The van der Waals surface area contributed by atoms with Crippen LogP contribution in [0.4, 0.5) is 5.69 Å². The molecule has 2 aromatic rings. The van der Waals surface area contributed by atoms with Gasteiger partial charge in [-0.25, -0.2) is 9.79 Å². The fourth-order valence-corrected chi connectivity index (χ4v) is 3.52. The number of carbonyl (C=O) groups is 1. The Kier molecular flexibility index (Phi) is 7.02. The maximum atomic E-state index is 11.8. The van der Waals surface area contributed by atoms with Gasteiger partial charge in [0.05, 0.1) is 18.4 Å². The Morgan fingerprint density at radius 2 is 1.87 bits per heavy atom. The standard InChI is InChI=1S/C17H16ClNO2S2/c1-21-16(20)15-6-4-3-5-12(15)11-23-17(22-2)19-14-9-7-13(18)8-10-14/h3-10H,11H2,1-2H3. The third-order valence-corrected chi connectivity index (χ3v) is 5.34. The number of ether oxygens (including phenoxy) is 1. The lowest BCUT2D eigenvalue weighted by Gasteiger charge is -2.08. The molecule has 0 amide bonds. The molecular formula is C17H16ClNO2S2. The van der Waals surface area contributed by atoms with Crippen molar-refractivity contribution in [1.29, 1.82) is 0 Å². The number of aliphatic imine (C=N–C) groups is 1. The SMILES string of the molecule is COC(=O)c1ccccc1CSC(=Nc1ccc(Cl)cc1)SC. The van der Waals surface area contributed by atoms with Crippen molar-refractivity contribution < 1.29 is 9.53 Å². The summed E-state index contributed by atoms with van der Waals surface area (Å²) in [6, 6.07) is 14.8. The minimum absolute atomic E-state index is 0.318. The van der Waals surface area contributed by atoms with Crippen LogP contribution >= 0.6 is 35.1 Å². The lowest BCUT2D eigenvalue weighted by Crippen LogP contribution is -2.05. The summed E-state index contributed by atoms with van der Waals surface area (Å²) in [5.74, 6) is 0.333. The summed E-state index contributed by atoms with van der Waals surface area (Å²) in [7, 11) is 1.39. The fourth-order valence-electron chi connectivity index (χ4n) is 1.85. The van der Waals surface area contributed by atoms with Gasteiger partial charge in [0, 0.05) is 10.8 Å². The number of carbonyl (C=O) groups excluding carboxylic acids is 1. The van der Waals surface area contributed by atoms with Crippen LogP contribution in [0.1, 0.15) is 15.9 Å². The molecule has 23 heavy (non-hydrogen) atoms. The molecule has 0 saturated carbocycles. The van der Waals surface area contributed by atoms with Crippen LogP contribution in [0.3, 0.4) is 0 Å². The number of esters is 1. The fraction of sp³-hybridized carbons (Fsp3) is 0.176. The van der Waals surface area contributed by atoms with Gasteiger partial charge in [-0.2, -0.15) is 0 Å². The van der Waals surface area contributed by atoms with Gasteiger partial charge in [-0.1, -0.05) is 41.6 Å². The molecule has 2 rings (SSSR count). The Hall–Kier alpha value is -1.43. The molecule has 3 nitrogen and oxygen atoms in total. The van der Waals surface area contributed by atoms with E-state index in [4.69, 9.17) is 16.3 Å². The Bertz CT molecular complexity index is 702. The van der Waals surface area contributed by atoms with Crippen molar-refractivity contribution in [2.45, 2.75) is 5.75 Å². The smallest absolute Gasteiger partial charge is 0.338 e. The van der Waals surface area contributed by atoms with Gasteiger partial charge >= 0.3 is 5.97 Å². The Morgan fingerprint density at radius 3 is 2.52 bits per heavy atom. The molecule has 0 N–H and O–H groups in total. The van der Waals surface area contributed by atoms with Gasteiger partial charge in [0.25, 0.3) is 0 Å². The first-order chi connectivity index (χ1) is 11.1. The second-order valence-corrected chi connectivity index (χ2v) is 6.95. The van der Waals surface area contributed by atoms with Crippen LogP contribution in [0.2, 0.25) is 5.02 Å². The number of benzene rings is 2. The monoisotopic (exact) mass is 365 g/mol. The minimum Gasteiger partial charge on any atom is -0.465 e. The second-order valence-electron chi connectivity index (χ2n) is 4.50. The summed E-state index contributed by atoms with van der Waals surface area (Å²) >= 11 is 9.04. The van der Waals surface area contributed by atoms with Crippen LogP contribution in [-0.4, -0.2) is 23.7 Å².